The summed E-state index contributed by atoms with van der Waals surface area (Å²) in [6, 6.07) is 12.2. The minimum Gasteiger partial charge on any atom is -0.483 e. The molecule has 7 nitrogen and oxygen atoms in total. The second-order valence-electron chi connectivity index (χ2n) is 6.17. The molecule has 0 heterocycles. The highest BCUT2D eigenvalue weighted by Crippen LogP contribution is 2.25. The van der Waals surface area contributed by atoms with Crippen LogP contribution in [0, 0.1) is 10.1 Å². The summed E-state index contributed by atoms with van der Waals surface area (Å²) in [4.78, 5) is 24.5. The minimum atomic E-state index is -0.468. The molecule has 0 aromatic heterocycles. The van der Waals surface area contributed by atoms with Gasteiger partial charge < -0.3 is 15.0 Å². The van der Waals surface area contributed by atoms with E-state index in [2.05, 4.69) is 11.9 Å². The van der Waals surface area contributed by atoms with Crippen LogP contribution in [0.1, 0.15) is 11.1 Å². The van der Waals surface area contributed by atoms with Gasteiger partial charge in [-0.3, -0.25) is 14.9 Å². The second-order valence-corrected chi connectivity index (χ2v) is 6.17. The molecule has 142 valence electrons. The Balaban J connectivity index is 1.91. The van der Waals surface area contributed by atoms with E-state index in [-0.39, 0.29) is 18.2 Å². The number of nitrogens with zero attached hydrogens (tertiary/aromatic N) is 2. The van der Waals surface area contributed by atoms with Crippen LogP contribution >= 0.6 is 0 Å². The highest BCUT2D eigenvalue weighted by atomic mass is 16.6. The number of nitro benzene ring substituents is 1. The maximum atomic E-state index is 12.0. The fourth-order valence-corrected chi connectivity index (χ4v) is 2.44. The first-order chi connectivity index (χ1) is 12.9. The highest BCUT2D eigenvalue weighted by Gasteiger charge is 2.12. The molecule has 1 N–H and O–H groups in total. The Hall–Kier alpha value is -3.35. The van der Waals surface area contributed by atoms with Crippen molar-refractivity contribution in [1.82, 2.24) is 5.32 Å². The van der Waals surface area contributed by atoms with Gasteiger partial charge in [0, 0.05) is 44.0 Å². The lowest BCUT2D eigenvalue weighted by Gasteiger charge is -2.13. The molecule has 2 aromatic carbocycles. The molecule has 2 rings (SSSR count). The number of nitrogens with one attached hydrogen (secondary N) is 1. The second kappa shape index (κ2) is 9.38. The maximum Gasteiger partial charge on any atom is 0.269 e. The molecular weight excluding hydrogens is 346 g/mol. The van der Waals surface area contributed by atoms with E-state index in [1.807, 2.05) is 43.3 Å². The number of carbonyl (C=O) groups excluding carboxylic acids is 1. The molecule has 27 heavy (non-hydrogen) atoms. The Bertz CT molecular complexity index is 816. The monoisotopic (exact) mass is 369 g/mol. The molecule has 0 radical (unpaired) electrons. The van der Waals surface area contributed by atoms with Crippen molar-refractivity contribution in [1.29, 1.82) is 0 Å². The zero-order valence-corrected chi connectivity index (χ0v) is 15.5. The topological polar surface area (TPSA) is 84.7 Å². The van der Waals surface area contributed by atoms with E-state index in [0.717, 1.165) is 11.3 Å². The fraction of sp³-hybridized carbons (Fsp3) is 0.250. The van der Waals surface area contributed by atoms with Crippen LogP contribution in [-0.4, -0.2) is 31.5 Å². The van der Waals surface area contributed by atoms with Crippen LogP contribution in [0.2, 0.25) is 0 Å². The van der Waals surface area contributed by atoms with Crippen LogP contribution in [0.3, 0.4) is 0 Å². The molecule has 0 unspecified atom stereocenters. The Morgan fingerprint density at radius 3 is 2.56 bits per heavy atom. The Morgan fingerprint density at radius 2 is 1.96 bits per heavy atom. The molecule has 0 aliphatic carbocycles. The number of carbonyl (C=O) groups is 1. The Morgan fingerprint density at radius 1 is 1.26 bits per heavy atom. The number of non-ortho nitro benzene ring substituents is 1. The third-order valence-corrected chi connectivity index (χ3v) is 3.92. The average molecular weight is 369 g/mol. The van der Waals surface area contributed by atoms with E-state index in [1.165, 1.54) is 18.2 Å². The van der Waals surface area contributed by atoms with Crippen molar-refractivity contribution in [2.24, 2.45) is 0 Å². The minimum absolute atomic E-state index is 0.0233. The molecule has 0 atom stereocenters. The summed E-state index contributed by atoms with van der Waals surface area (Å²) in [5, 5.41) is 13.7. The Labute approximate surface area is 158 Å². The number of benzene rings is 2. The third kappa shape index (κ3) is 5.85. The fourth-order valence-electron chi connectivity index (χ4n) is 2.44. The molecule has 1 amide bonds. The molecule has 0 spiro atoms. The molecule has 0 saturated carbocycles. The summed E-state index contributed by atoms with van der Waals surface area (Å²) in [6.45, 7) is 3.87. The molecule has 0 bridgehead atoms. The molecular formula is C20H23N3O4. The number of anilines is 1. The van der Waals surface area contributed by atoms with Gasteiger partial charge in [0.1, 0.15) is 5.75 Å². The summed E-state index contributed by atoms with van der Waals surface area (Å²) < 4.78 is 5.54. The number of ether oxygens (including phenoxy) is 1. The first-order valence-electron chi connectivity index (χ1n) is 8.44. The lowest BCUT2D eigenvalue weighted by atomic mass is 10.1. The summed E-state index contributed by atoms with van der Waals surface area (Å²) in [5.41, 5.74) is 2.66. The summed E-state index contributed by atoms with van der Waals surface area (Å²) in [5.74, 6) is 0.167. The van der Waals surface area contributed by atoms with Crippen molar-refractivity contribution in [3.05, 3.63) is 76.4 Å². The summed E-state index contributed by atoms with van der Waals surface area (Å²) in [6.07, 6.45) is 2.04. The van der Waals surface area contributed by atoms with Crippen molar-refractivity contribution in [3.63, 3.8) is 0 Å². The zero-order chi connectivity index (χ0) is 19.8. The maximum absolute atomic E-state index is 12.0. The van der Waals surface area contributed by atoms with Crippen LogP contribution in [0.5, 0.6) is 5.75 Å². The van der Waals surface area contributed by atoms with Gasteiger partial charge >= 0.3 is 0 Å². The number of amides is 1. The lowest BCUT2D eigenvalue weighted by Crippen LogP contribution is -2.28. The Kier molecular flexibility index (Phi) is 6.93. The van der Waals surface area contributed by atoms with E-state index in [4.69, 9.17) is 4.74 Å². The summed E-state index contributed by atoms with van der Waals surface area (Å²) >= 11 is 0. The van der Waals surface area contributed by atoms with E-state index in [1.54, 1.807) is 6.08 Å². The number of hydrogen-bond donors (Lipinski definition) is 1. The first kappa shape index (κ1) is 20.0. The molecule has 7 heteroatoms. The van der Waals surface area contributed by atoms with Crippen LogP contribution in [0.4, 0.5) is 11.4 Å². The standard InChI is InChI=1S/C20H23N3O4/c1-4-5-16-12-18(23(25)26)10-11-19(16)27-14-20(24)21-13-15-6-8-17(9-7-15)22(2)3/h4,6-12H,1,5,13-14H2,2-3H3,(H,21,24). The molecule has 0 aliphatic heterocycles. The quantitative estimate of drug-likeness (QED) is 0.417. The first-order valence-corrected chi connectivity index (χ1v) is 8.44. The van der Waals surface area contributed by atoms with Gasteiger partial charge in [-0.2, -0.15) is 0 Å². The van der Waals surface area contributed by atoms with Gasteiger partial charge in [0.15, 0.2) is 6.61 Å². The van der Waals surface area contributed by atoms with E-state index < -0.39 is 4.92 Å². The van der Waals surface area contributed by atoms with Gasteiger partial charge in [0.2, 0.25) is 0 Å². The largest absolute Gasteiger partial charge is 0.483 e. The van der Waals surface area contributed by atoms with Crippen molar-refractivity contribution in [2.45, 2.75) is 13.0 Å². The van der Waals surface area contributed by atoms with Gasteiger partial charge in [-0.15, -0.1) is 6.58 Å². The van der Waals surface area contributed by atoms with Crippen LogP contribution in [-0.2, 0) is 17.8 Å². The summed E-state index contributed by atoms with van der Waals surface area (Å²) in [7, 11) is 3.93. The molecule has 0 aliphatic rings. The van der Waals surface area contributed by atoms with Gasteiger partial charge in [0.05, 0.1) is 4.92 Å². The van der Waals surface area contributed by atoms with E-state index >= 15 is 0 Å². The van der Waals surface area contributed by atoms with Crippen molar-refractivity contribution < 1.29 is 14.5 Å². The van der Waals surface area contributed by atoms with E-state index in [9.17, 15) is 14.9 Å². The smallest absolute Gasteiger partial charge is 0.269 e. The predicted octanol–water partition coefficient (Wildman–Crippen LogP) is 3.08. The third-order valence-electron chi connectivity index (χ3n) is 3.92. The van der Waals surface area contributed by atoms with Crippen LogP contribution < -0.4 is 15.0 Å². The number of nitro groups is 1. The van der Waals surface area contributed by atoms with Gasteiger partial charge in [-0.25, -0.2) is 0 Å². The zero-order valence-electron chi connectivity index (χ0n) is 15.5. The SMILES string of the molecule is C=CCc1cc([N+](=O)[O-])ccc1OCC(=O)NCc1ccc(N(C)C)cc1. The highest BCUT2D eigenvalue weighted by molar-refractivity contribution is 5.77. The van der Waals surface area contributed by atoms with Gasteiger partial charge in [0.25, 0.3) is 11.6 Å². The van der Waals surface area contributed by atoms with Gasteiger partial charge in [-0.1, -0.05) is 18.2 Å². The number of hydrogen-bond acceptors (Lipinski definition) is 5. The number of rotatable bonds is 9. The lowest BCUT2D eigenvalue weighted by molar-refractivity contribution is -0.384. The van der Waals surface area contributed by atoms with Gasteiger partial charge in [-0.05, 0) is 30.2 Å². The average Bonchev–Trinajstić information content (AvgIpc) is 2.65. The van der Waals surface area contributed by atoms with Crippen molar-refractivity contribution in [2.75, 3.05) is 25.6 Å². The molecule has 0 fully saturated rings. The normalized spacial score (nSPS) is 10.1. The number of allylic oxidation sites excluding steroid dienone is 1. The van der Waals surface area contributed by atoms with Crippen LogP contribution in [0.15, 0.2) is 55.1 Å². The van der Waals surface area contributed by atoms with E-state index in [0.29, 0.717) is 24.3 Å². The molecule has 0 saturated heterocycles. The molecule has 2 aromatic rings. The van der Waals surface area contributed by atoms with Crippen LogP contribution in [0.25, 0.3) is 0 Å². The van der Waals surface area contributed by atoms with Crippen molar-refractivity contribution >= 4 is 17.3 Å². The predicted molar refractivity (Wildman–Crippen MR) is 105 cm³/mol. The van der Waals surface area contributed by atoms with Crippen molar-refractivity contribution in [3.8, 4) is 5.75 Å².